The Hall–Kier alpha value is -1.89. The van der Waals surface area contributed by atoms with Gasteiger partial charge in [-0.25, -0.2) is 0 Å². The van der Waals surface area contributed by atoms with E-state index in [0.29, 0.717) is 5.75 Å². The average molecular weight is 300 g/mol. The summed E-state index contributed by atoms with van der Waals surface area (Å²) in [5, 5.41) is 5.71. The molecule has 21 heavy (non-hydrogen) atoms. The van der Waals surface area contributed by atoms with Crippen molar-refractivity contribution in [3.63, 3.8) is 0 Å². The standard InChI is InChI=1S/C14H18F2N2O3/c1-8-5-6-17-12(8)13(19)18-10-7-9(20-2)3-4-11(10)21-14(15)16/h3-4,7-8,12,14,17H,5-6H2,1-2H3,(H,18,19). The fourth-order valence-electron chi connectivity index (χ4n) is 2.33. The average Bonchev–Trinajstić information content (AvgIpc) is 2.86. The van der Waals surface area contributed by atoms with Crippen LogP contribution in [0.25, 0.3) is 0 Å². The summed E-state index contributed by atoms with van der Waals surface area (Å²) in [5.74, 6) is 0.270. The predicted octanol–water partition coefficient (Wildman–Crippen LogP) is 2.23. The van der Waals surface area contributed by atoms with Crippen molar-refractivity contribution in [2.75, 3.05) is 19.0 Å². The van der Waals surface area contributed by atoms with Gasteiger partial charge in [-0.05, 0) is 31.0 Å². The van der Waals surface area contributed by atoms with Gasteiger partial charge in [-0.15, -0.1) is 0 Å². The molecule has 1 aromatic rings. The Morgan fingerprint density at radius 2 is 2.24 bits per heavy atom. The van der Waals surface area contributed by atoms with Crippen molar-refractivity contribution in [1.29, 1.82) is 0 Å². The molecule has 0 saturated carbocycles. The van der Waals surface area contributed by atoms with Crippen LogP contribution in [0.15, 0.2) is 18.2 Å². The molecule has 116 valence electrons. The molecule has 0 aromatic heterocycles. The smallest absolute Gasteiger partial charge is 0.387 e. The Kier molecular flexibility index (Phi) is 4.95. The lowest BCUT2D eigenvalue weighted by molar-refractivity contribution is -0.118. The van der Waals surface area contributed by atoms with Gasteiger partial charge in [-0.2, -0.15) is 8.78 Å². The number of ether oxygens (including phenoxy) is 2. The maximum atomic E-state index is 12.4. The second kappa shape index (κ2) is 6.71. The van der Waals surface area contributed by atoms with Crippen LogP contribution in [0.1, 0.15) is 13.3 Å². The Labute approximate surface area is 121 Å². The van der Waals surface area contributed by atoms with Crippen LogP contribution in [0.3, 0.4) is 0 Å². The molecule has 1 heterocycles. The number of carbonyl (C=O) groups excluding carboxylic acids is 1. The maximum absolute atomic E-state index is 12.4. The van der Waals surface area contributed by atoms with E-state index in [4.69, 9.17) is 4.74 Å². The van der Waals surface area contributed by atoms with E-state index in [2.05, 4.69) is 15.4 Å². The topological polar surface area (TPSA) is 59.6 Å². The second-order valence-electron chi connectivity index (χ2n) is 4.93. The Bertz CT molecular complexity index is 511. The molecule has 1 aliphatic heterocycles. The van der Waals surface area contributed by atoms with Crippen molar-refractivity contribution in [2.24, 2.45) is 5.92 Å². The number of benzene rings is 1. The maximum Gasteiger partial charge on any atom is 0.387 e. The van der Waals surface area contributed by atoms with Crippen molar-refractivity contribution >= 4 is 11.6 Å². The van der Waals surface area contributed by atoms with Gasteiger partial charge >= 0.3 is 6.61 Å². The minimum absolute atomic E-state index is 0.0928. The summed E-state index contributed by atoms with van der Waals surface area (Å²) < 4.78 is 34.3. The number of rotatable bonds is 5. The van der Waals surface area contributed by atoms with Crippen LogP contribution >= 0.6 is 0 Å². The largest absolute Gasteiger partial charge is 0.497 e. The van der Waals surface area contributed by atoms with Crippen LogP contribution in [0.5, 0.6) is 11.5 Å². The van der Waals surface area contributed by atoms with Crippen molar-refractivity contribution in [3.05, 3.63) is 18.2 Å². The van der Waals surface area contributed by atoms with Crippen LogP contribution in [-0.2, 0) is 4.79 Å². The molecular formula is C14H18F2N2O3. The van der Waals surface area contributed by atoms with Crippen LogP contribution in [-0.4, -0.2) is 32.2 Å². The summed E-state index contributed by atoms with van der Waals surface area (Å²) in [6, 6.07) is 3.95. The highest BCUT2D eigenvalue weighted by Crippen LogP contribution is 2.31. The molecule has 7 heteroatoms. The molecule has 0 spiro atoms. The highest BCUT2D eigenvalue weighted by atomic mass is 19.3. The van der Waals surface area contributed by atoms with E-state index < -0.39 is 6.61 Å². The van der Waals surface area contributed by atoms with Crippen LogP contribution in [0.4, 0.5) is 14.5 Å². The second-order valence-corrected chi connectivity index (χ2v) is 4.93. The van der Waals surface area contributed by atoms with E-state index in [-0.39, 0.29) is 29.3 Å². The van der Waals surface area contributed by atoms with E-state index >= 15 is 0 Å². The van der Waals surface area contributed by atoms with Gasteiger partial charge in [0.15, 0.2) is 0 Å². The fourth-order valence-corrected chi connectivity index (χ4v) is 2.33. The molecule has 1 amide bonds. The first kappa shape index (κ1) is 15.5. The van der Waals surface area contributed by atoms with Crippen molar-refractivity contribution in [1.82, 2.24) is 5.32 Å². The van der Waals surface area contributed by atoms with Gasteiger partial charge in [0.1, 0.15) is 11.5 Å². The van der Waals surface area contributed by atoms with E-state index in [1.165, 1.54) is 25.3 Å². The number of halogens is 2. The molecule has 1 saturated heterocycles. The molecule has 5 nitrogen and oxygen atoms in total. The van der Waals surface area contributed by atoms with Crippen molar-refractivity contribution in [3.8, 4) is 11.5 Å². The number of amides is 1. The minimum atomic E-state index is -2.96. The summed E-state index contributed by atoms with van der Waals surface area (Å²) in [7, 11) is 1.45. The number of carbonyl (C=O) groups is 1. The lowest BCUT2D eigenvalue weighted by atomic mass is 10.0. The molecule has 2 unspecified atom stereocenters. The monoisotopic (exact) mass is 300 g/mol. The quantitative estimate of drug-likeness (QED) is 0.875. The third kappa shape index (κ3) is 3.81. The molecule has 2 atom stereocenters. The van der Waals surface area contributed by atoms with Crippen molar-refractivity contribution < 1.29 is 23.0 Å². The van der Waals surface area contributed by atoms with Gasteiger partial charge < -0.3 is 20.1 Å². The van der Waals surface area contributed by atoms with E-state index in [1.54, 1.807) is 0 Å². The first-order valence-electron chi connectivity index (χ1n) is 6.68. The van der Waals surface area contributed by atoms with E-state index in [1.807, 2.05) is 6.92 Å². The van der Waals surface area contributed by atoms with Crippen LogP contribution < -0.4 is 20.1 Å². The van der Waals surface area contributed by atoms with Gasteiger partial charge in [0.2, 0.25) is 5.91 Å². The highest BCUT2D eigenvalue weighted by Gasteiger charge is 2.29. The lowest BCUT2D eigenvalue weighted by Crippen LogP contribution is -2.39. The third-order valence-corrected chi connectivity index (χ3v) is 3.48. The molecule has 1 aliphatic rings. The lowest BCUT2D eigenvalue weighted by Gasteiger charge is -2.18. The van der Waals surface area contributed by atoms with E-state index in [9.17, 15) is 13.6 Å². The Morgan fingerprint density at radius 3 is 2.81 bits per heavy atom. The zero-order chi connectivity index (χ0) is 15.4. The summed E-state index contributed by atoms with van der Waals surface area (Å²) in [5.41, 5.74) is 0.167. The predicted molar refractivity (Wildman–Crippen MR) is 73.8 cm³/mol. The van der Waals surface area contributed by atoms with Crippen molar-refractivity contribution in [2.45, 2.75) is 26.0 Å². The van der Waals surface area contributed by atoms with Gasteiger partial charge in [0.05, 0.1) is 18.8 Å². The molecule has 0 aliphatic carbocycles. The number of alkyl halides is 2. The number of methoxy groups -OCH3 is 1. The highest BCUT2D eigenvalue weighted by molar-refractivity contribution is 5.96. The van der Waals surface area contributed by atoms with Gasteiger partial charge in [-0.1, -0.05) is 6.92 Å². The van der Waals surface area contributed by atoms with E-state index in [0.717, 1.165) is 13.0 Å². The molecule has 2 N–H and O–H groups in total. The van der Waals surface area contributed by atoms with Crippen LogP contribution in [0, 0.1) is 5.92 Å². The molecular weight excluding hydrogens is 282 g/mol. The molecule has 1 aromatic carbocycles. The fraction of sp³-hybridized carbons (Fsp3) is 0.500. The summed E-state index contributed by atoms with van der Waals surface area (Å²) in [4.78, 5) is 12.2. The van der Waals surface area contributed by atoms with Crippen LogP contribution in [0.2, 0.25) is 0 Å². The normalized spacial score (nSPS) is 21.4. The third-order valence-electron chi connectivity index (χ3n) is 3.48. The molecule has 0 radical (unpaired) electrons. The SMILES string of the molecule is COc1ccc(OC(F)F)c(NC(=O)C2NCCC2C)c1. The van der Waals surface area contributed by atoms with Gasteiger partial charge in [0.25, 0.3) is 0 Å². The Balaban J connectivity index is 2.18. The molecule has 2 rings (SSSR count). The number of hydrogen-bond acceptors (Lipinski definition) is 4. The number of nitrogens with one attached hydrogen (secondary N) is 2. The summed E-state index contributed by atoms with van der Waals surface area (Å²) in [6.07, 6.45) is 0.899. The molecule has 0 bridgehead atoms. The van der Waals surface area contributed by atoms with Gasteiger partial charge in [0, 0.05) is 6.07 Å². The zero-order valence-corrected chi connectivity index (χ0v) is 11.9. The summed E-state index contributed by atoms with van der Waals surface area (Å²) in [6.45, 7) is -0.234. The minimum Gasteiger partial charge on any atom is -0.497 e. The zero-order valence-electron chi connectivity index (χ0n) is 11.9. The number of hydrogen-bond donors (Lipinski definition) is 2. The van der Waals surface area contributed by atoms with Gasteiger partial charge in [-0.3, -0.25) is 4.79 Å². The first-order chi connectivity index (χ1) is 10.0. The molecule has 1 fully saturated rings. The Morgan fingerprint density at radius 1 is 1.48 bits per heavy atom. The summed E-state index contributed by atoms with van der Waals surface area (Å²) >= 11 is 0. The first-order valence-corrected chi connectivity index (χ1v) is 6.68. The number of anilines is 1.